The summed E-state index contributed by atoms with van der Waals surface area (Å²) in [7, 11) is -3.68. The summed E-state index contributed by atoms with van der Waals surface area (Å²) >= 11 is 0. The summed E-state index contributed by atoms with van der Waals surface area (Å²) in [6.45, 7) is 3.51. The Morgan fingerprint density at radius 2 is 1.77 bits per heavy atom. The zero-order valence-corrected chi connectivity index (χ0v) is 17.7. The van der Waals surface area contributed by atoms with Crippen LogP contribution in [0.15, 0.2) is 47.4 Å². The molecule has 0 aliphatic carbocycles. The number of esters is 1. The standard InChI is InChI=1S/C22H25NO6S/c1-16-4-2-5-18(14-16)29-22(24)17-8-10-23(11-9-17)30(25,26)19-6-7-20-21(15-19)28-13-3-12-27-20/h2,4-7,14-15,17H,3,8-13H2,1H3. The number of benzene rings is 2. The van der Waals surface area contributed by atoms with Crippen LogP contribution in [0.2, 0.25) is 0 Å². The lowest BCUT2D eigenvalue weighted by molar-refractivity contribution is -0.140. The highest BCUT2D eigenvalue weighted by Gasteiger charge is 2.33. The van der Waals surface area contributed by atoms with Crippen molar-refractivity contribution < 1.29 is 27.4 Å². The van der Waals surface area contributed by atoms with Crippen LogP contribution >= 0.6 is 0 Å². The minimum Gasteiger partial charge on any atom is -0.490 e. The van der Waals surface area contributed by atoms with Gasteiger partial charge in [0.1, 0.15) is 5.75 Å². The minimum absolute atomic E-state index is 0.174. The van der Waals surface area contributed by atoms with Crippen molar-refractivity contribution in [2.24, 2.45) is 5.92 Å². The first-order valence-electron chi connectivity index (χ1n) is 10.1. The maximum Gasteiger partial charge on any atom is 0.314 e. The van der Waals surface area contributed by atoms with E-state index in [0.717, 1.165) is 12.0 Å². The predicted octanol–water partition coefficient (Wildman–Crippen LogP) is 3.16. The first-order valence-corrected chi connectivity index (χ1v) is 11.6. The third-order valence-electron chi connectivity index (χ3n) is 5.35. The molecule has 2 aromatic carbocycles. The number of fused-ring (bicyclic) bond motifs is 1. The van der Waals surface area contributed by atoms with Gasteiger partial charge in [0, 0.05) is 25.6 Å². The van der Waals surface area contributed by atoms with E-state index in [1.54, 1.807) is 18.2 Å². The van der Waals surface area contributed by atoms with E-state index in [1.807, 2.05) is 25.1 Å². The average molecular weight is 432 g/mol. The summed E-state index contributed by atoms with van der Waals surface area (Å²) in [5.41, 5.74) is 1.01. The molecule has 2 aliphatic heterocycles. The van der Waals surface area contributed by atoms with Crippen LogP contribution in [-0.2, 0) is 14.8 Å². The second kappa shape index (κ2) is 8.65. The van der Waals surface area contributed by atoms with Gasteiger partial charge in [-0.05, 0) is 49.6 Å². The van der Waals surface area contributed by atoms with Gasteiger partial charge in [-0.3, -0.25) is 4.79 Å². The number of piperidine rings is 1. The van der Waals surface area contributed by atoms with E-state index in [0.29, 0.717) is 43.3 Å². The van der Waals surface area contributed by atoms with Gasteiger partial charge < -0.3 is 14.2 Å². The van der Waals surface area contributed by atoms with E-state index in [9.17, 15) is 13.2 Å². The molecule has 7 nitrogen and oxygen atoms in total. The van der Waals surface area contributed by atoms with Crippen LogP contribution < -0.4 is 14.2 Å². The molecule has 160 valence electrons. The van der Waals surface area contributed by atoms with E-state index in [4.69, 9.17) is 14.2 Å². The fourth-order valence-electron chi connectivity index (χ4n) is 3.66. The number of sulfonamides is 1. The summed E-state index contributed by atoms with van der Waals surface area (Å²) in [4.78, 5) is 12.7. The van der Waals surface area contributed by atoms with Crippen LogP contribution in [-0.4, -0.2) is 45.0 Å². The molecule has 8 heteroatoms. The Bertz CT molecular complexity index is 1030. The Kier molecular flexibility index (Phi) is 5.97. The van der Waals surface area contributed by atoms with Gasteiger partial charge in [0.15, 0.2) is 11.5 Å². The van der Waals surface area contributed by atoms with Crippen molar-refractivity contribution in [3.05, 3.63) is 48.0 Å². The summed E-state index contributed by atoms with van der Waals surface area (Å²) in [6.07, 6.45) is 1.60. The topological polar surface area (TPSA) is 82.1 Å². The molecule has 1 fully saturated rings. The summed E-state index contributed by atoms with van der Waals surface area (Å²) in [6, 6.07) is 12.0. The molecule has 0 aromatic heterocycles. The highest BCUT2D eigenvalue weighted by molar-refractivity contribution is 7.89. The van der Waals surface area contributed by atoms with Gasteiger partial charge in [0.05, 0.1) is 24.0 Å². The highest BCUT2D eigenvalue weighted by Crippen LogP contribution is 2.34. The molecule has 0 radical (unpaired) electrons. The first-order chi connectivity index (χ1) is 14.4. The van der Waals surface area contributed by atoms with Gasteiger partial charge in [-0.15, -0.1) is 0 Å². The molecule has 0 bridgehead atoms. The van der Waals surface area contributed by atoms with E-state index in [1.165, 1.54) is 10.4 Å². The van der Waals surface area contributed by atoms with Gasteiger partial charge in [-0.1, -0.05) is 12.1 Å². The van der Waals surface area contributed by atoms with E-state index < -0.39 is 10.0 Å². The van der Waals surface area contributed by atoms with Crippen LogP contribution in [0.4, 0.5) is 0 Å². The van der Waals surface area contributed by atoms with Crippen molar-refractivity contribution >= 4 is 16.0 Å². The second-order valence-corrected chi connectivity index (χ2v) is 9.51. The zero-order valence-electron chi connectivity index (χ0n) is 16.9. The van der Waals surface area contributed by atoms with Crippen molar-refractivity contribution in [3.63, 3.8) is 0 Å². The lowest BCUT2D eigenvalue weighted by Crippen LogP contribution is -2.41. The molecule has 4 rings (SSSR count). The van der Waals surface area contributed by atoms with Crippen LogP contribution in [0.25, 0.3) is 0 Å². The molecule has 0 atom stereocenters. The Hall–Kier alpha value is -2.58. The molecule has 0 unspecified atom stereocenters. The van der Waals surface area contributed by atoms with Crippen LogP contribution in [0.1, 0.15) is 24.8 Å². The van der Waals surface area contributed by atoms with E-state index >= 15 is 0 Å². The van der Waals surface area contributed by atoms with Gasteiger partial charge >= 0.3 is 5.97 Å². The Labute approximate surface area is 176 Å². The fraction of sp³-hybridized carbons (Fsp3) is 0.409. The quantitative estimate of drug-likeness (QED) is 0.546. The molecule has 0 amide bonds. The molecular weight excluding hydrogens is 406 g/mol. The summed E-state index contributed by atoms with van der Waals surface area (Å²) in [5, 5.41) is 0. The number of hydrogen-bond donors (Lipinski definition) is 0. The highest BCUT2D eigenvalue weighted by atomic mass is 32.2. The molecular formula is C22H25NO6S. The van der Waals surface area contributed by atoms with Crippen molar-refractivity contribution in [3.8, 4) is 17.2 Å². The van der Waals surface area contributed by atoms with E-state index in [2.05, 4.69) is 0 Å². The maximum absolute atomic E-state index is 13.1. The van der Waals surface area contributed by atoms with Gasteiger partial charge in [0.25, 0.3) is 0 Å². The summed E-state index contributed by atoms with van der Waals surface area (Å²) < 4.78 is 44.2. The number of rotatable bonds is 4. The van der Waals surface area contributed by atoms with Crippen molar-refractivity contribution in [2.45, 2.75) is 31.1 Å². The molecule has 2 aliphatic rings. The zero-order chi connectivity index (χ0) is 21.1. The van der Waals surface area contributed by atoms with Crippen molar-refractivity contribution in [2.75, 3.05) is 26.3 Å². The predicted molar refractivity (Wildman–Crippen MR) is 110 cm³/mol. The number of nitrogens with zero attached hydrogens (tertiary/aromatic N) is 1. The number of hydrogen-bond acceptors (Lipinski definition) is 6. The van der Waals surface area contributed by atoms with Crippen LogP contribution in [0.3, 0.4) is 0 Å². The number of carbonyl (C=O) groups is 1. The second-order valence-electron chi connectivity index (χ2n) is 7.57. The molecule has 2 aromatic rings. The molecule has 0 saturated carbocycles. The number of aryl methyl sites for hydroxylation is 1. The smallest absolute Gasteiger partial charge is 0.314 e. The number of ether oxygens (including phenoxy) is 3. The Balaban J connectivity index is 1.40. The normalized spacial score (nSPS) is 17.9. The molecule has 1 saturated heterocycles. The van der Waals surface area contributed by atoms with Crippen LogP contribution in [0, 0.1) is 12.8 Å². The third kappa shape index (κ3) is 4.44. The fourth-order valence-corrected chi connectivity index (χ4v) is 5.15. The Morgan fingerprint density at radius 3 is 2.50 bits per heavy atom. The first kappa shape index (κ1) is 20.7. The lowest BCUT2D eigenvalue weighted by atomic mass is 9.98. The minimum atomic E-state index is -3.68. The number of carbonyl (C=O) groups excluding carboxylic acids is 1. The monoisotopic (exact) mass is 431 g/mol. The largest absolute Gasteiger partial charge is 0.490 e. The molecule has 0 spiro atoms. The van der Waals surface area contributed by atoms with Crippen molar-refractivity contribution in [1.29, 1.82) is 0 Å². The summed E-state index contributed by atoms with van der Waals surface area (Å²) in [5.74, 6) is 0.894. The maximum atomic E-state index is 13.1. The van der Waals surface area contributed by atoms with Gasteiger partial charge in [-0.2, -0.15) is 4.31 Å². The average Bonchev–Trinajstić information content (AvgIpc) is 2.98. The molecule has 0 N–H and O–H groups in total. The van der Waals surface area contributed by atoms with Crippen molar-refractivity contribution in [1.82, 2.24) is 4.31 Å². The van der Waals surface area contributed by atoms with Crippen LogP contribution in [0.5, 0.6) is 17.2 Å². The Morgan fingerprint density at radius 1 is 1.03 bits per heavy atom. The lowest BCUT2D eigenvalue weighted by Gasteiger charge is -2.30. The van der Waals surface area contributed by atoms with E-state index in [-0.39, 0.29) is 29.9 Å². The molecule has 30 heavy (non-hydrogen) atoms. The molecule has 2 heterocycles. The SMILES string of the molecule is Cc1cccc(OC(=O)C2CCN(S(=O)(=O)c3ccc4c(c3)OCCCO4)CC2)c1. The van der Waals surface area contributed by atoms with Gasteiger partial charge in [0.2, 0.25) is 10.0 Å². The van der Waals surface area contributed by atoms with Gasteiger partial charge in [-0.25, -0.2) is 8.42 Å². The third-order valence-corrected chi connectivity index (χ3v) is 7.25.